The van der Waals surface area contributed by atoms with Gasteiger partial charge in [0, 0.05) is 26.2 Å². The molecule has 9 heteroatoms. The number of hydrogen-bond donors (Lipinski definition) is 5. The summed E-state index contributed by atoms with van der Waals surface area (Å²) in [5, 5.41) is 27.2. The van der Waals surface area contributed by atoms with E-state index in [4.69, 9.17) is 9.47 Å². The quantitative estimate of drug-likeness (QED) is 0.421. The minimum atomic E-state index is -0.835. The van der Waals surface area contributed by atoms with Gasteiger partial charge in [-0.2, -0.15) is 0 Å². The fourth-order valence-corrected chi connectivity index (χ4v) is 1.59. The first-order chi connectivity index (χ1) is 11.3. The zero-order chi connectivity index (χ0) is 19.7. The molecule has 148 valence electrons. The third-order valence-electron chi connectivity index (χ3n) is 2.52. The molecule has 2 amide bonds. The summed E-state index contributed by atoms with van der Waals surface area (Å²) < 4.78 is 10.1. The predicted molar refractivity (Wildman–Crippen MR) is 93.4 cm³/mol. The highest BCUT2D eigenvalue weighted by atomic mass is 16.6. The van der Waals surface area contributed by atoms with Crippen LogP contribution in [0.3, 0.4) is 0 Å². The molecule has 0 aromatic rings. The standard InChI is InChI=1S/C16H33N3O6/c1-15(2,3)24-13(22)18-9-11(20)7-17-8-12(21)10-19-14(23)25-16(4,5)6/h11-12,17,20-21H,7-10H2,1-6H3,(H,18,22)(H,19,23)/t11-,12-/m1/s1. The summed E-state index contributed by atoms with van der Waals surface area (Å²) in [5.41, 5.74) is -1.20. The van der Waals surface area contributed by atoms with Crippen molar-refractivity contribution in [1.29, 1.82) is 0 Å². The van der Waals surface area contributed by atoms with Gasteiger partial charge in [-0.25, -0.2) is 9.59 Å². The summed E-state index contributed by atoms with van der Waals surface area (Å²) in [6.07, 6.45) is -2.88. The highest BCUT2D eigenvalue weighted by molar-refractivity contribution is 5.68. The van der Waals surface area contributed by atoms with Crippen molar-refractivity contribution in [2.75, 3.05) is 26.2 Å². The number of alkyl carbamates (subject to hydrolysis) is 2. The van der Waals surface area contributed by atoms with E-state index in [0.717, 1.165) is 0 Å². The lowest BCUT2D eigenvalue weighted by Gasteiger charge is -2.21. The molecule has 0 rings (SSSR count). The second-order valence-electron chi connectivity index (χ2n) is 7.73. The van der Waals surface area contributed by atoms with Crippen molar-refractivity contribution >= 4 is 12.2 Å². The van der Waals surface area contributed by atoms with Crippen LogP contribution in [0, 0.1) is 0 Å². The minimum absolute atomic E-state index is 0.0220. The van der Waals surface area contributed by atoms with E-state index in [1.165, 1.54) is 0 Å². The Bertz CT molecular complexity index is 379. The third kappa shape index (κ3) is 15.7. The fraction of sp³-hybridized carbons (Fsp3) is 0.875. The van der Waals surface area contributed by atoms with Crippen LogP contribution in [0.15, 0.2) is 0 Å². The largest absolute Gasteiger partial charge is 0.444 e. The Labute approximate surface area is 149 Å². The maximum atomic E-state index is 11.4. The summed E-state index contributed by atoms with van der Waals surface area (Å²) in [5.74, 6) is 0. The van der Waals surface area contributed by atoms with Crippen LogP contribution < -0.4 is 16.0 Å². The Kier molecular flexibility index (Phi) is 9.76. The van der Waals surface area contributed by atoms with Crippen molar-refractivity contribution in [3.05, 3.63) is 0 Å². The number of amides is 2. The van der Waals surface area contributed by atoms with Crippen molar-refractivity contribution in [3.8, 4) is 0 Å². The Balaban J connectivity index is 3.81. The maximum absolute atomic E-state index is 11.4. The van der Waals surface area contributed by atoms with E-state index in [1.54, 1.807) is 41.5 Å². The molecule has 0 spiro atoms. The van der Waals surface area contributed by atoms with Crippen LogP contribution in [0.1, 0.15) is 41.5 Å². The van der Waals surface area contributed by atoms with Crippen molar-refractivity contribution in [2.24, 2.45) is 0 Å². The molecule has 0 aromatic heterocycles. The molecule has 0 heterocycles. The lowest BCUT2D eigenvalue weighted by Crippen LogP contribution is -2.44. The van der Waals surface area contributed by atoms with Crippen LogP contribution >= 0.6 is 0 Å². The molecule has 0 aliphatic heterocycles. The van der Waals surface area contributed by atoms with Gasteiger partial charge in [-0.05, 0) is 41.5 Å². The van der Waals surface area contributed by atoms with E-state index in [1.807, 2.05) is 0 Å². The van der Waals surface area contributed by atoms with Gasteiger partial charge in [0.25, 0.3) is 0 Å². The van der Waals surface area contributed by atoms with Gasteiger partial charge in [0.1, 0.15) is 11.2 Å². The van der Waals surface area contributed by atoms with E-state index >= 15 is 0 Å². The van der Waals surface area contributed by atoms with E-state index in [2.05, 4.69) is 16.0 Å². The Morgan fingerprint density at radius 3 is 1.36 bits per heavy atom. The summed E-state index contributed by atoms with van der Waals surface area (Å²) in [6, 6.07) is 0. The van der Waals surface area contributed by atoms with E-state index in [-0.39, 0.29) is 26.2 Å². The smallest absolute Gasteiger partial charge is 0.407 e. The maximum Gasteiger partial charge on any atom is 0.407 e. The van der Waals surface area contributed by atoms with Gasteiger partial charge in [-0.3, -0.25) is 0 Å². The average molecular weight is 363 g/mol. The van der Waals surface area contributed by atoms with E-state index < -0.39 is 35.6 Å². The molecule has 0 aliphatic rings. The van der Waals surface area contributed by atoms with Gasteiger partial charge in [-0.1, -0.05) is 0 Å². The summed E-state index contributed by atoms with van der Waals surface area (Å²) in [4.78, 5) is 22.9. The van der Waals surface area contributed by atoms with Gasteiger partial charge in [0.05, 0.1) is 12.2 Å². The summed E-state index contributed by atoms with van der Waals surface area (Å²) >= 11 is 0. The number of rotatable bonds is 8. The second kappa shape index (κ2) is 10.4. The number of hydrogen-bond acceptors (Lipinski definition) is 7. The topological polar surface area (TPSA) is 129 Å². The Morgan fingerprint density at radius 1 is 0.760 bits per heavy atom. The average Bonchev–Trinajstić information content (AvgIpc) is 2.39. The van der Waals surface area contributed by atoms with Crippen LogP contribution in [0.4, 0.5) is 9.59 Å². The van der Waals surface area contributed by atoms with Crippen LogP contribution in [0.2, 0.25) is 0 Å². The number of aliphatic hydroxyl groups is 2. The fourth-order valence-electron chi connectivity index (χ4n) is 1.59. The number of aliphatic hydroxyl groups excluding tert-OH is 2. The molecule has 0 radical (unpaired) electrons. The molecule has 0 unspecified atom stereocenters. The molecule has 0 bridgehead atoms. The SMILES string of the molecule is CC(C)(C)OC(=O)NC[C@H](O)CNC[C@@H](O)CNC(=O)OC(C)(C)C. The van der Waals surface area contributed by atoms with Gasteiger partial charge in [0.2, 0.25) is 0 Å². The van der Waals surface area contributed by atoms with Gasteiger partial charge in [-0.15, -0.1) is 0 Å². The first-order valence-electron chi connectivity index (χ1n) is 8.29. The Hall–Kier alpha value is -1.58. The first-order valence-corrected chi connectivity index (χ1v) is 8.29. The predicted octanol–water partition coefficient (Wildman–Crippen LogP) is 0.347. The monoisotopic (exact) mass is 363 g/mol. The lowest BCUT2D eigenvalue weighted by atomic mass is 10.2. The zero-order valence-corrected chi connectivity index (χ0v) is 16.0. The Morgan fingerprint density at radius 2 is 1.08 bits per heavy atom. The van der Waals surface area contributed by atoms with Crippen LogP contribution in [0.5, 0.6) is 0 Å². The van der Waals surface area contributed by atoms with Crippen LogP contribution in [0.25, 0.3) is 0 Å². The third-order valence-corrected chi connectivity index (χ3v) is 2.52. The molecular formula is C16H33N3O6. The highest BCUT2D eigenvalue weighted by Gasteiger charge is 2.18. The van der Waals surface area contributed by atoms with Crippen LogP contribution in [-0.2, 0) is 9.47 Å². The molecular weight excluding hydrogens is 330 g/mol. The van der Waals surface area contributed by atoms with Gasteiger partial charge >= 0.3 is 12.2 Å². The molecule has 25 heavy (non-hydrogen) atoms. The van der Waals surface area contributed by atoms with Crippen molar-refractivity contribution < 1.29 is 29.3 Å². The lowest BCUT2D eigenvalue weighted by molar-refractivity contribution is 0.0489. The van der Waals surface area contributed by atoms with Gasteiger partial charge in [0.15, 0.2) is 0 Å². The normalized spacial score (nSPS) is 14.4. The van der Waals surface area contributed by atoms with Crippen molar-refractivity contribution in [2.45, 2.75) is 65.0 Å². The summed E-state index contributed by atoms with van der Waals surface area (Å²) in [7, 11) is 0. The molecule has 0 saturated heterocycles. The van der Waals surface area contributed by atoms with Crippen molar-refractivity contribution in [1.82, 2.24) is 16.0 Å². The van der Waals surface area contributed by atoms with E-state index in [0.29, 0.717) is 0 Å². The molecule has 9 nitrogen and oxygen atoms in total. The number of nitrogens with one attached hydrogen (secondary N) is 3. The van der Waals surface area contributed by atoms with Crippen molar-refractivity contribution in [3.63, 3.8) is 0 Å². The first kappa shape index (κ1) is 23.4. The minimum Gasteiger partial charge on any atom is -0.444 e. The summed E-state index contributed by atoms with van der Waals surface area (Å²) in [6.45, 7) is 10.9. The number of ether oxygens (including phenoxy) is 2. The van der Waals surface area contributed by atoms with Gasteiger partial charge < -0.3 is 35.6 Å². The molecule has 0 fully saturated rings. The highest BCUT2D eigenvalue weighted by Crippen LogP contribution is 2.06. The van der Waals surface area contributed by atoms with E-state index in [9.17, 15) is 19.8 Å². The van der Waals surface area contributed by atoms with Crippen LogP contribution in [-0.4, -0.2) is 72.0 Å². The molecule has 5 N–H and O–H groups in total. The zero-order valence-electron chi connectivity index (χ0n) is 16.0. The second-order valence-corrected chi connectivity index (χ2v) is 7.73. The number of carbonyl (C=O) groups excluding carboxylic acids is 2. The molecule has 0 aromatic carbocycles. The number of carbonyl (C=O) groups is 2. The molecule has 0 aliphatic carbocycles. The molecule has 0 saturated carbocycles. The molecule has 2 atom stereocenters.